The molecule has 0 saturated carbocycles. The van der Waals surface area contributed by atoms with Gasteiger partial charge < -0.3 is 26.0 Å². The number of methoxy groups -OCH3 is 1. The minimum atomic E-state index is -0.0797. The smallest absolute Gasteiger partial charge is 0.251 e. The molecule has 0 atom stereocenters. The van der Waals surface area contributed by atoms with Gasteiger partial charge in [0, 0.05) is 32.3 Å². The Morgan fingerprint density at radius 1 is 1.30 bits per heavy atom. The first-order chi connectivity index (χ1) is 11.0. The van der Waals surface area contributed by atoms with Crippen LogP contribution in [0.25, 0.3) is 0 Å². The van der Waals surface area contributed by atoms with Crippen LogP contribution >= 0.6 is 0 Å². The van der Waals surface area contributed by atoms with Crippen molar-refractivity contribution in [2.45, 2.75) is 6.54 Å². The SMILES string of the molecule is COCCNC(N)=NCc1cccc(C(=O)NCCN(C)C)c1. The van der Waals surface area contributed by atoms with Gasteiger partial charge in [-0.1, -0.05) is 12.1 Å². The number of hydrogen-bond donors (Lipinski definition) is 3. The van der Waals surface area contributed by atoms with Crippen molar-refractivity contribution in [3.05, 3.63) is 35.4 Å². The van der Waals surface area contributed by atoms with Crippen LogP contribution in [-0.4, -0.2) is 64.2 Å². The van der Waals surface area contributed by atoms with Crippen molar-refractivity contribution >= 4 is 11.9 Å². The Balaban J connectivity index is 2.52. The van der Waals surface area contributed by atoms with Gasteiger partial charge in [0.2, 0.25) is 0 Å². The molecule has 4 N–H and O–H groups in total. The number of nitrogens with one attached hydrogen (secondary N) is 2. The number of hydrogen-bond acceptors (Lipinski definition) is 4. The molecule has 0 radical (unpaired) electrons. The summed E-state index contributed by atoms with van der Waals surface area (Å²) in [6, 6.07) is 7.39. The fraction of sp³-hybridized carbons (Fsp3) is 0.500. The number of rotatable bonds is 9. The van der Waals surface area contributed by atoms with E-state index in [2.05, 4.69) is 15.6 Å². The summed E-state index contributed by atoms with van der Waals surface area (Å²) in [5, 5.41) is 5.84. The van der Waals surface area contributed by atoms with Gasteiger partial charge in [0.15, 0.2) is 5.96 Å². The zero-order valence-electron chi connectivity index (χ0n) is 14.1. The lowest BCUT2D eigenvalue weighted by Crippen LogP contribution is -2.34. The molecule has 23 heavy (non-hydrogen) atoms. The second-order valence-electron chi connectivity index (χ2n) is 5.38. The molecule has 0 unspecified atom stereocenters. The fourth-order valence-corrected chi connectivity index (χ4v) is 1.82. The highest BCUT2D eigenvalue weighted by molar-refractivity contribution is 5.94. The van der Waals surface area contributed by atoms with E-state index in [1.54, 1.807) is 13.2 Å². The average molecular weight is 321 g/mol. The van der Waals surface area contributed by atoms with Crippen LogP contribution in [-0.2, 0) is 11.3 Å². The average Bonchev–Trinajstić information content (AvgIpc) is 2.53. The van der Waals surface area contributed by atoms with Crippen LogP contribution in [0, 0.1) is 0 Å². The molecule has 128 valence electrons. The monoisotopic (exact) mass is 321 g/mol. The highest BCUT2D eigenvalue weighted by Gasteiger charge is 2.05. The van der Waals surface area contributed by atoms with Crippen LogP contribution in [0.15, 0.2) is 29.3 Å². The zero-order valence-corrected chi connectivity index (χ0v) is 14.1. The van der Waals surface area contributed by atoms with Crippen molar-refractivity contribution in [2.24, 2.45) is 10.7 Å². The first-order valence-corrected chi connectivity index (χ1v) is 7.57. The standard InChI is InChI=1S/C16H27N5O2/c1-21(2)9-7-18-15(22)14-6-4-5-13(11-14)12-20-16(17)19-8-10-23-3/h4-6,11H,7-10,12H2,1-3H3,(H,18,22)(H3,17,19,20). The molecular weight excluding hydrogens is 294 g/mol. The van der Waals surface area contributed by atoms with Gasteiger partial charge in [-0.15, -0.1) is 0 Å². The van der Waals surface area contributed by atoms with E-state index < -0.39 is 0 Å². The molecule has 1 aromatic rings. The quantitative estimate of drug-likeness (QED) is 0.339. The minimum Gasteiger partial charge on any atom is -0.383 e. The fourth-order valence-electron chi connectivity index (χ4n) is 1.82. The van der Waals surface area contributed by atoms with E-state index in [-0.39, 0.29) is 5.91 Å². The molecule has 0 aliphatic heterocycles. The maximum absolute atomic E-state index is 12.1. The first-order valence-electron chi connectivity index (χ1n) is 7.57. The lowest BCUT2D eigenvalue weighted by atomic mass is 10.1. The molecular formula is C16H27N5O2. The van der Waals surface area contributed by atoms with Crippen molar-refractivity contribution < 1.29 is 9.53 Å². The summed E-state index contributed by atoms with van der Waals surface area (Å²) < 4.78 is 4.92. The van der Waals surface area contributed by atoms with Crippen molar-refractivity contribution in [1.82, 2.24) is 15.5 Å². The third-order valence-corrected chi connectivity index (χ3v) is 3.08. The van der Waals surface area contributed by atoms with Crippen molar-refractivity contribution in [2.75, 3.05) is 47.4 Å². The van der Waals surface area contributed by atoms with Gasteiger partial charge in [0.05, 0.1) is 13.2 Å². The second kappa shape index (κ2) is 10.6. The Morgan fingerprint density at radius 2 is 2.09 bits per heavy atom. The largest absolute Gasteiger partial charge is 0.383 e. The molecule has 0 heterocycles. The van der Waals surface area contributed by atoms with Crippen LogP contribution < -0.4 is 16.4 Å². The van der Waals surface area contributed by atoms with E-state index in [0.717, 1.165) is 12.1 Å². The van der Waals surface area contributed by atoms with Crippen LogP contribution in [0.3, 0.4) is 0 Å². The second-order valence-corrected chi connectivity index (χ2v) is 5.38. The first kappa shape index (κ1) is 18.9. The van der Waals surface area contributed by atoms with Gasteiger partial charge in [-0.3, -0.25) is 4.79 Å². The topological polar surface area (TPSA) is 92.0 Å². The Morgan fingerprint density at radius 3 is 2.78 bits per heavy atom. The molecule has 0 fully saturated rings. The molecule has 1 amide bonds. The molecule has 7 nitrogen and oxygen atoms in total. The normalized spacial score (nSPS) is 11.6. The maximum Gasteiger partial charge on any atom is 0.251 e. The molecule has 1 rings (SSSR count). The Kier molecular flexibility index (Phi) is 8.71. The number of nitrogens with zero attached hydrogens (tertiary/aromatic N) is 2. The van der Waals surface area contributed by atoms with E-state index in [1.807, 2.05) is 37.2 Å². The predicted molar refractivity (Wildman–Crippen MR) is 92.5 cm³/mol. The molecule has 7 heteroatoms. The number of aliphatic imine (C=N–C) groups is 1. The number of nitrogens with two attached hydrogens (primary N) is 1. The Labute approximate surface area is 137 Å². The lowest BCUT2D eigenvalue weighted by molar-refractivity contribution is 0.0951. The predicted octanol–water partition coefficient (Wildman–Crippen LogP) is 0.0287. The maximum atomic E-state index is 12.1. The highest BCUT2D eigenvalue weighted by atomic mass is 16.5. The van der Waals surface area contributed by atoms with Gasteiger partial charge in [0.1, 0.15) is 0 Å². The summed E-state index contributed by atoms with van der Waals surface area (Å²) in [6.07, 6.45) is 0. The summed E-state index contributed by atoms with van der Waals surface area (Å²) in [6.45, 7) is 3.02. The van der Waals surface area contributed by atoms with E-state index in [4.69, 9.17) is 10.5 Å². The zero-order chi connectivity index (χ0) is 17.1. The van der Waals surface area contributed by atoms with E-state index in [9.17, 15) is 4.79 Å². The van der Waals surface area contributed by atoms with Crippen molar-refractivity contribution in [1.29, 1.82) is 0 Å². The Hall–Kier alpha value is -2.12. The number of likely N-dealkylation sites (N-methyl/N-ethyl adjacent to an activating group) is 1. The van der Waals surface area contributed by atoms with Crippen molar-refractivity contribution in [3.63, 3.8) is 0 Å². The van der Waals surface area contributed by atoms with Gasteiger partial charge in [0.25, 0.3) is 5.91 Å². The summed E-state index contributed by atoms with van der Waals surface area (Å²) in [5.74, 6) is 0.284. The van der Waals surface area contributed by atoms with Crippen LogP contribution in [0.1, 0.15) is 15.9 Å². The summed E-state index contributed by atoms with van der Waals surface area (Å²) in [7, 11) is 5.57. The van der Waals surface area contributed by atoms with Gasteiger partial charge >= 0.3 is 0 Å². The highest BCUT2D eigenvalue weighted by Crippen LogP contribution is 2.06. The number of carbonyl (C=O) groups excluding carboxylic acids is 1. The van der Waals surface area contributed by atoms with E-state index >= 15 is 0 Å². The summed E-state index contributed by atoms with van der Waals surface area (Å²) in [5.41, 5.74) is 7.31. The van der Waals surface area contributed by atoms with Crippen molar-refractivity contribution in [3.8, 4) is 0 Å². The number of guanidine groups is 1. The Bertz CT molecular complexity index is 517. The third-order valence-electron chi connectivity index (χ3n) is 3.08. The van der Waals surface area contributed by atoms with E-state index in [0.29, 0.717) is 37.8 Å². The number of ether oxygens (including phenoxy) is 1. The summed E-state index contributed by atoms with van der Waals surface area (Å²) >= 11 is 0. The van der Waals surface area contributed by atoms with Gasteiger partial charge in [-0.25, -0.2) is 4.99 Å². The van der Waals surface area contributed by atoms with Gasteiger partial charge in [-0.2, -0.15) is 0 Å². The minimum absolute atomic E-state index is 0.0797. The van der Waals surface area contributed by atoms with Crippen LogP contribution in [0.2, 0.25) is 0 Å². The molecule has 0 bridgehead atoms. The van der Waals surface area contributed by atoms with Crippen LogP contribution in [0.5, 0.6) is 0 Å². The number of benzene rings is 1. The van der Waals surface area contributed by atoms with E-state index in [1.165, 1.54) is 0 Å². The molecule has 0 spiro atoms. The summed E-state index contributed by atoms with van der Waals surface area (Å²) in [4.78, 5) is 18.3. The number of carbonyl (C=O) groups is 1. The number of amides is 1. The molecule has 0 saturated heterocycles. The third kappa shape index (κ3) is 8.18. The van der Waals surface area contributed by atoms with Crippen LogP contribution in [0.4, 0.5) is 0 Å². The molecule has 0 aromatic heterocycles. The molecule has 0 aliphatic rings. The molecule has 0 aliphatic carbocycles. The van der Waals surface area contributed by atoms with Gasteiger partial charge in [-0.05, 0) is 31.8 Å². The molecule has 1 aromatic carbocycles. The lowest BCUT2D eigenvalue weighted by Gasteiger charge is -2.10.